The predicted octanol–water partition coefficient (Wildman–Crippen LogP) is 1.67. The molecule has 1 atom stereocenters. The Balaban J connectivity index is 1.83. The van der Waals surface area contributed by atoms with E-state index in [2.05, 4.69) is 0 Å². The molecule has 0 aliphatic carbocycles. The van der Waals surface area contributed by atoms with Gasteiger partial charge in [0, 0.05) is 6.54 Å². The molecule has 1 N–H and O–H groups in total. The monoisotopic (exact) mass is 277 g/mol. The van der Waals surface area contributed by atoms with E-state index < -0.39 is 12.0 Å². The van der Waals surface area contributed by atoms with Gasteiger partial charge in [-0.15, -0.1) is 0 Å². The zero-order valence-corrected chi connectivity index (χ0v) is 11.3. The molecule has 1 aliphatic heterocycles. The molecule has 0 spiro atoms. The standard InChI is InChI=1S/C15H19NO4/c17-14(11-20-10-12-6-2-1-3-7-12)16-9-5-4-8-13(16)15(18)19/h1-3,6-7,13H,4-5,8-11H2,(H,18,19)/t13-/m1/s1. The minimum atomic E-state index is -0.930. The fraction of sp³-hybridized carbons (Fsp3) is 0.467. The number of hydrogen-bond donors (Lipinski definition) is 1. The van der Waals surface area contributed by atoms with Gasteiger partial charge in [0.25, 0.3) is 0 Å². The van der Waals surface area contributed by atoms with Crippen LogP contribution in [0.3, 0.4) is 0 Å². The van der Waals surface area contributed by atoms with Crippen molar-refractivity contribution in [3.05, 3.63) is 35.9 Å². The van der Waals surface area contributed by atoms with Crippen LogP contribution in [0.5, 0.6) is 0 Å². The highest BCUT2D eigenvalue weighted by Gasteiger charge is 2.31. The van der Waals surface area contributed by atoms with Gasteiger partial charge >= 0.3 is 5.97 Å². The van der Waals surface area contributed by atoms with Gasteiger partial charge in [0.15, 0.2) is 0 Å². The smallest absolute Gasteiger partial charge is 0.326 e. The Kier molecular flexibility index (Phi) is 5.12. The van der Waals surface area contributed by atoms with E-state index in [0.717, 1.165) is 18.4 Å². The molecule has 1 aromatic rings. The van der Waals surface area contributed by atoms with Crippen LogP contribution in [0.1, 0.15) is 24.8 Å². The van der Waals surface area contributed by atoms with E-state index in [0.29, 0.717) is 19.6 Å². The van der Waals surface area contributed by atoms with Gasteiger partial charge in [0.05, 0.1) is 6.61 Å². The molecular weight excluding hydrogens is 258 g/mol. The summed E-state index contributed by atoms with van der Waals surface area (Å²) in [4.78, 5) is 24.6. The molecule has 1 saturated heterocycles. The van der Waals surface area contributed by atoms with Gasteiger partial charge in [-0.3, -0.25) is 4.79 Å². The zero-order valence-electron chi connectivity index (χ0n) is 11.3. The lowest BCUT2D eigenvalue weighted by Crippen LogP contribution is -2.49. The molecule has 1 aromatic carbocycles. The summed E-state index contributed by atoms with van der Waals surface area (Å²) in [5, 5.41) is 9.13. The van der Waals surface area contributed by atoms with Crippen LogP contribution in [-0.4, -0.2) is 41.1 Å². The number of aliphatic carboxylic acids is 1. The highest BCUT2D eigenvalue weighted by Crippen LogP contribution is 2.17. The highest BCUT2D eigenvalue weighted by molar-refractivity contribution is 5.84. The second kappa shape index (κ2) is 7.05. The largest absolute Gasteiger partial charge is 0.480 e. The lowest BCUT2D eigenvalue weighted by atomic mass is 10.0. The molecule has 1 heterocycles. The van der Waals surface area contributed by atoms with Gasteiger partial charge in [-0.1, -0.05) is 30.3 Å². The first kappa shape index (κ1) is 14.5. The number of ether oxygens (including phenoxy) is 1. The normalized spacial score (nSPS) is 18.8. The number of carbonyl (C=O) groups is 2. The van der Waals surface area contributed by atoms with Crippen LogP contribution in [0.25, 0.3) is 0 Å². The van der Waals surface area contributed by atoms with Crippen LogP contribution in [0, 0.1) is 0 Å². The van der Waals surface area contributed by atoms with Crippen molar-refractivity contribution in [1.82, 2.24) is 4.90 Å². The average molecular weight is 277 g/mol. The third-order valence-corrected chi connectivity index (χ3v) is 3.45. The third kappa shape index (κ3) is 3.81. The fourth-order valence-corrected chi connectivity index (χ4v) is 2.40. The number of likely N-dealkylation sites (tertiary alicyclic amines) is 1. The number of piperidine rings is 1. The van der Waals surface area contributed by atoms with E-state index in [1.807, 2.05) is 30.3 Å². The van der Waals surface area contributed by atoms with E-state index in [1.54, 1.807) is 0 Å². The first-order valence-corrected chi connectivity index (χ1v) is 6.82. The Morgan fingerprint density at radius 1 is 1.25 bits per heavy atom. The highest BCUT2D eigenvalue weighted by atomic mass is 16.5. The average Bonchev–Trinajstić information content (AvgIpc) is 2.48. The van der Waals surface area contributed by atoms with Crippen LogP contribution in [0.2, 0.25) is 0 Å². The molecule has 5 heteroatoms. The van der Waals surface area contributed by atoms with Crippen LogP contribution in [-0.2, 0) is 20.9 Å². The molecule has 1 fully saturated rings. The number of carboxylic acids is 1. The molecule has 0 radical (unpaired) electrons. The molecule has 20 heavy (non-hydrogen) atoms. The lowest BCUT2D eigenvalue weighted by molar-refractivity contribution is -0.154. The van der Waals surface area contributed by atoms with Crippen LogP contribution < -0.4 is 0 Å². The first-order valence-electron chi connectivity index (χ1n) is 6.82. The molecule has 108 valence electrons. The summed E-state index contributed by atoms with van der Waals surface area (Å²) < 4.78 is 5.38. The van der Waals surface area contributed by atoms with Crippen molar-refractivity contribution in [2.75, 3.05) is 13.2 Å². The van der Waals surface area contributed by atoms with E-state index >= 15 is 0 Å². The molecular formula is C15H19NO4. The second-order valence-electron chi connectivity index (χ2n) is 4.92. The summed E-state index contributed by atoms with van der Waals surface area (Å²) in [6.07, 6.45) is 2.24. The van der Waals surface area contributed by atoms with Crippen molar-refractivity contribution in [3.8, 4) is 0 Å². The maximum absolute atomic E-state index is 12.0. The zero-order chi connectivity index (χ0) is 14.4. The number of carboxylic acid groups (broad SMARTS) is 1. The summed E-state index contributed by atoms with van der Waals surface area (Å²) in [6.45, 7) is 0.793. The van der Waals surface area contributed by atoms with Crippen molar-refractivity contribution in [1.29, 1.82) is 0 Å². The summed E-state index contributed by atoms with van der Waals surface area (Å²) >= 11 is 0. The van der Waals surface area contributed by atoms with Crippen LogP contribution >= 0.6 is 0 Å². The van der Waals surface area contributed by atoms with Crippen molar-refractivity contribution in [2.24, 2.45) is 0 Å². The van der Waals surface area contributed by atoms with E-state index in [9.17, 15) is 9.59 Å². The van der Waals surface area contributed by atoms with Gasteiger partial charge in [-0.25, -0.2) is 4.79 Å². The van der Waals surface area contributed by atoms with Gasteiger partial charge in [-0.05, 0) is 24.8 Å². The lowest BCUT2D eigenvalue weighted by Gasteiger charge is -2.32. The van der Waals surface area contributed by atoms with E-state index in [1.165, 1.54) is 4.90 Å². The third-order valence-electron chi connectivity index (χ3n) is 3.45. The van der Waals surface area contributed by atoms with Crippen molar-refractivity contribution < 1.29 is 19.4 Å². The number of amides is 1. The molecule has 2 rings (SSSR count). The molecule has 0 unspecified atom stereocenters. The number of hydrogen-bond acceptors (Lipinski definition) is 3. The van der Waals surface area contributed by atoms with Crippen LogP contribution in [0.4, 0.5) is 0 Å². The Labute approximate surface area is 118 Å². The number of benzene rings is 1. The minimum absolute atomic E-state index is 0.0708. The summed E-state index contributed by atoms with van der Waals surface area (Å²) in [5.74, 6) is -1.17. The summed E-state index contributed by atoms with van der Waals surface area (Å²) in [5.41, 5.74) is 0.994. The molecule has 5 nitrogen and oxygen atoms in total. The van der Waals surface area contributed by atoms with Gasteiger partial charge < -0.3 is 14.7 Å². The Bertz CT molecular complexity index is 460. The van der Waals surface area contributed by atoms with Crippen molar-refractivity contribution in [3.63, 3.8) is 0 Å². The van der Waals surface area contributed by atoms with Gasteiger partial charge in [-0.2, -0.15) is 0 Å². The molecule has 0 saturated carbocycles. The fourth-order valence-electron chi connectivity index (χ4n) is 2.40. The van der Waals surface area contributed by atoms with Crippen molar-refractivity contribution >= 4 is 11.9 Å². The maximum atomic E-state index is 12.0. The Morgan fingerprint density at radius 2 is 2.00 bits per heavy atom. The SMILES string of the molecule is O=C(O)[C@H]1CCCCN1C(=O)COCc1ccccc1. The molecule has 0 aromatic heterocycles. The maximum Gasteiger partial charge on any atom is 0.326 e. The number of rotatable bonds is 5. The predicted molar refractivity (Wildman–Crippen MR) is 73.1 cm³/mol. The van der Waals surface area contributed by atoms with Crippen LogP contribution in [0.15, 0.2) is 30.3 Å². The summed E-state index contributed by atoms with van der Waals surface area (Å²) in [6, 6.07) is 8.88. The Morgan fingerprint density at radius 3 is 2.70 bits per heavy atom. The summed E-state index contributed by atoms with van der Waals surface area (Å²) in [7, 11) is 0. The molecule has 1 amide bonds. The van der Waals surface area contributed by atoms with Gasteiger partial charge in [0.1, 0.15) is 12.6 Å². The number of nitrogens with zero attached hydrogens (tertiary/aromatic N) is 1. The van der Waals surface area contributed by atoms with Crippen molar-refractivity contribution in [2.45, 2.75) is 31.9 Å². The molecule has 0 bridgehead atoms. The van der Waals surface area contributed by atoms with E-state index in [-0.39, 0.29) is 12.5 Å². The molecule has 1 aliphatic rings. The van der Waals surface area contributed by atoms with Gasteiger partial charge in [0.2, 0.25) is 5.91 Å². The quantitative estimate of drug-likeness (QED) is 0.889. The number of carbonyl (C=O) groups excluding carboxylic acids is 1. The van der Waals surface area contributed by atoms with E-state index in [4.69, 9.17) is 9.84 Å². The second-order valence-corrected chi connectivity index (χ2v) is 4.92. The Hall–Kier alpha value is -1.88. The minimum Gasteiger partial charge on any atom is -0.480 e. The topological polar surface area (TPSA) is 66.8 Å². The first-order chi connectivity index (χ1) is 9.68.